The minimum Gasteiger partial charge on any atom is -0.480 e. The van der Waals surface area contributed by atoms with Gasteiger partial charge in [-0.15, -0.1) is 0 Å². The molecule has 2 N–H and O–H groups in total. The molecule has 0 bridgehead atoms. The molecule has 104 valence electrons. The van der Waals surface area contributed by atoms with Crippen LogP contribution in [-0.4, -0.2) is 63.3 Å². The molecule has 0 aromatic rings. The van der Waals surface area contributed by atoms with E-state index in [-0.39, 0.29) is 6.03 Å². The van der Waals surface area contributed by atoms with Gasteiger partial charge in [-0.2, -0.15) is 0 Å². The Bertz CT molecular complexity index is 342. The number of hydrogen-bond acceptors (Lipinski definition) is 3. The van der Waals surface area contributed by atoms with Crippen LogP contribution in [0.3, 0.4) is 0 Å². The summed E-state index contributed by atoms with van der Waals surface area (Å²) in [6.07, 6.45) is 1.03. The number of aliphatic carboxylic acids is 1. The van der Waals surface area contributed by atoms with E-state index in [1.807, 2.05) is 0 Å². The number of carboxylic acid groups (broad SMARTS) is 1. The molecule has 1 saturated heterocycles. The van der Waals surface area contributed by atoms with E-state index in [4.69, 9.17) is 5.11 Å². The molecule has 18 heavy (non-hydrogen) atoms. The first-order valence-corrected chi connectivity index (χ1v) is 6.06. The van der Waals surface area contributed by atoms with Gasteiger partial charge in [-0.05, 0) is 33.6 Å². The molecular weight excluding hydrogens is 236 g/mol. The molecule has 6 heteroatoms. The molecule has 1 heterocycles. The summed E-state index contributed by atoms with van der Waals surface area (Å²) < 4.78 is 0. The lowest BCUT2D eigenvalue weighted by Crippen LogP contribution is -2.57. The van der Waals surface area contributed by atoms with Crippen LogP contribution in [0.25, 0.3) is 0 Å². The average Bonchev–Trinajstić information content (AvgIpc) is 2.26. The summed E-state index contributed by atoms with van der Waals surface area (Å²) in [4.78, 5) is 26.1. The van der Waals surface area contributed by atoms with Gasteiger partial charge in [0, 0.05) is 20.1 Å². The second-order valence-corrected chi connectivity index (χ2v) is 5.69. The number of aliphatic hydroxyl groups is 1. The number of carbonyl (C=O) groups is 2. The van der Waals surface area contributed by atoms with E-state index in [9.17, 15) is 14.7 Å². The van der Waals surface area contributed by atoms with E-state index >= 15 is 0 Å². The number of carbonyl (C=O) groups excluding carboxylic acids is 1. The van der Waals surface area contributed by atoms with Crippen molar-refractivity contribution >= 4 is 12.0 Å². The second kappa shape index (κ2) is 4.76. The van der Waals surface area contributed by atoms with Crippen molar-refractivity contribution < 1.29 is 19.8 Å². The highest BCUT2D eigenvalue weighted by molar-refractivity contribution is 5.85. The molecule has 1 fully saturated rings. The van der Waals surface area contributed by atoms with Gasteiger partial charge in [0.2, 0.25) is 0 Å². The molecule has 1 rings (SSSR count). The van der Waals surface area contributed by atoms with Gasteiger partial charge in [0.15, 0.2) is 0 Å². The Hall–Kier alpha value is -1.30. The van der Waals surface area contributed by atoms with Crippen LogP contribution in [0, 0.1) is 0 Å². The Morgan fingerprint density at radius 3 is 2.11 bits per heavy atom. The molecule has 0 aromatic heterocycles. The predicted molar refractivity (Wildman–Crippen MR) is 66.3 cm³/mol. The van der Waals surface area contributed by atoms with Gasteiger partial charge in [0.1, 0.15) is 5.54 Å². The van der Waals surface area contributed by atoms with Gasteiger partial charge in [-0.3, -0.25) is 0 Å². The van der Waals surface area contributed by atoms with Crippen molar-refractivity contribution in [3.05, 3.63) is 0 Å². The van der Waals surface area contributed by atoms with Crippen molar-refractivity contribution in [1.29, 1.82) is 0 Å². The summed E-state index contributed by atoms with van der Waals surface area (Å²) in [5.41, 5.74) is -1.96. The lowest BCUT2D eigenvalue weighted by molar-refractivity contribution is -0.147. The zero-order valence-electron chi connectivity index (χ0n) is 11.4. The first-order valence-electron chi connectivity index (χ1n) is 6.06. The number of carboxylic acids is 1. The van der Waals surface area contributed by atoms with Crippen LogP contribution in [-0.2, 0) is 4.79 Å². The number of urea groups is 1. The normalized spacial score (nSPS) is 19.5. The molecule has 0 aliphatic carbocycles. The van der Waals surface area contributed by atoms with Crippen LogP contribution < -0.4 is 0 Å². The van der Waals surface area contributed by atoms with Gasteiger partial charge >= 0.3 is 12.0 Å². The van der Waals surface area contributed by atoms with Gasteiger partial charge in [-0.25, -0.2) is 9.59 Å². The van der Waals surface area contributed by atoms with Gasteiger partial charge < -0.3 is 20.0 Å². The summed E-state index contributed by atoms with van der Waals surface area (Å²) in [5, 5.41) is 18.9. The SMILES string of the molecule is CN(C(=O)N1CCC(C)(O)CC1)C(C)(C)C(=O)O. The van der Waals surface area contributed by atoms with Crippen LogP contribution in [0.4, 0.5) is 4.79 Å². The van der Waals surface area contributed by atoms with E-state index in [0.29, 0.717) is 25.9 Å². The number of nitrogens with zero attached hydrogens (tertiary/aromatic N) is 2. The second-order valence-electron chi connectivity index (χ2n) is 5.69. The van der Waals surface area contributed by atoms with Crippen molar-refractivity contribution in [2.75, 3.05) is 20.1 Å². The highest BCUT2D eigenvalue weighted by atomic mass is 16.4. The highest BCUT2D eigenvalue weighted by Crippen LogP contribution is 2.23. The molecule has 0 unspecified atom stereocenters. The maximum absolute atomic E-state index is 12.2. The third kappa shape index (κ3) is 2.93. The molecule has 2 amide bonds. The van der Waals surface area contributed by atoms with Crippen LogP contribution >= 0.6 is 0 Å². The quantitative estimate of drug-likeness (QED) is 0.765. The van der Waals surface area contributed by atoms with Crippen molar-refractivity contribution in [1.82, 2.24) is 9.80 Å². The topological polar surface area (TPSA) is 81.1 Å². The number of likely N-dealkylation sites (tertiary alicyclic amines) is 1. The molecule has 0 atom stereocenters. The van der Waals surface area contributed by atoms with E-state index < -0.39 is 17.1 Å². The summed E-state index contributed by atoms with van der Waals surface area (Å²) in [6.45, 7) is 5.64. The fraction of sp³-hybridized carbons (Fsp3) is 0.833. The monoisotopic (exact) mass is 258 g/mol. The molecule has 0 radical (unpaired) electrons. The Balaban J connectivity index is 2.69. The largest absolute Gasteiger partial charge is 0.480 e. The lowest BCUT2D eigenvalue weighted by atomic mass is 9.94. The zero-order chi connectivity index (χ0) is 14.1. The van der Waals surface area contributed by atoms with Gasteiger partial charge in [-0.1, -0.05) is 0 Å². The highest BCUT2D eigenvalue weighted by Gasteiger charge is 2.39. The van der Waals surface area contributed by atoms with Crippen LogP contribution in [0.1, 0.15) is 33.6 Å². The van der Waals surface area contributed by atoms with E-state index in [2.05, 4.69) is 0 Å². The average molecular weight is 258 g/mol. The molecule has 0 spiro atoms. The minimum absolute atomic E-state index is 0.307. The Morgan fingerprint density at radius 2 is 1.72 bits per heavy atom. The Kier molecular flexibility index (Phi) is 3.90. The van der Waals surface area contributed by atoms with E-state index in [1.165, 1.54) is 25.8 Å². The first-order chi connectivity index (χ1) is 8.08. The van der Waals surface area contributed by atoms with Crippen molar-refractivity contribution in [2.24, 2.45) is 0 Å². The third-order valence-corrected chi connectivity index (χ3v) is 3.76. The Labute approximate surface area is 107 Å². The maximum Gasteiger partial charge on any atom is 0.329 e. The molecule has 6 nitrogen and oxygen atoms in total. The smallest absolute Gasteiger partial charge is 0.329 e. The number of hydrogen-bond donors (Lipinski definition) is 2. The third-order valence-electron chi connectivity index (χ3n) is 3.76. The summed E-state index contributed by atoms with van der Waals surface area (Å²) in [5.74, 6) is -1.04. The number of rotatable bonds is 2. The fourth-order valence-corrected chi connectivity index (χ4v) is 1.77. The maximum atomic E-state index is 12.2. The fourth-order valence-electron chi connectivity index (χ4n) is 1.77. The minimum atomic E-state index is -1.24. The Morgan fingerprint density at radius 1 is 1.28 bits per heavy atom. The van der Waals surface area contributed by atoms with Crippen molar-refractivity contribution in [3.63, 3.8) is 0 Å². The van der Waals surface area contributed by atoms with Crippen LogP contribution in [0.5, 0.6) is 0 Å². The van der Waals surface area contributed by atoms with E-state index in [1.54, 1.807) is 11.8 Å². The number of amides is 2. The molecule has 1 aliphatic heterocycles. The standard InChI is InChI=1S/C12H22N2O4/c1-11(2,9(15)16)13(4)10(17)14-7-5-12(3,18)6-8-14/h18H,5-8H2,1-4H3,(H,15,16). The molecule has 1 aliphatic rings. The van der Waals surface area contributed by atoms with E-state index in [0.717, 1.165) is 0 Å². The zero-order valence-corrected chi connectivity index (χ0v) is 11.4. The summed E-state index contributed by atoms with van der Waals surface area (Å²) in [6, 6.07) is -0.307. The molecule has 0 saturated carbocycles. The van der Waals surface area contributed by atoms with Crippen LogP contribution in [0.15, 0.2) is 0 Å². The molecule has 0 aromatic carbocycles. The van der Waals surface area contributed by atoms with Gasteiger partial charge in [0.05, 0.1) is 5.60 Å². The van der Waals surface area contributed by atoms with Crippen LogP contribution in [0.2, 0.25) is 0 Å². The number of piperidine rings is 1. The molecular formula is C12H22N2O4. The van der Waals surface area contributed by atoms with Crippen molar-refractivity contribution in [3.8, 4) is 0 Å². The van der Waals surface area contributed by atoms with Crippen molar-refractivity contribution in [2.45, 2.75) is 44.8 Å². The predicted octanol–water partition coefficient (Wildman–Crippen LogP) is 0.748. The lowest BCUT2D eigenvalue weighted by Gasteiger charge is -2.40. The first kappa shape index (κ1) is 14.8. The number of likely N-dealkylation sites (N-methyl/N-ethyl adjacent to an activating group) is 1. The summed E-state index contributed by atoms with van der Waals surface area (Å²) in [7, 11) is 1.49. The van der Waals surface area contributed by atoms with Gasteiger partial charge in [0.25, 0.3) is 0 Å². The summed E-state index contributed by atoms with van der Waals surface area (Å²) >= 11 is 0.